The lowest BCUT2D eigenvalue weighted by Gasteiger charge is -2.17. The molecule has 0 saturated carbocycles. The third-order valence-corrected chi connectivity index (χ3v) is 13.2. The smallest absolute Gasteiger partial charge is 0.0894 e. The summed E-state index contributed by atoms with van der Waals surface area (Å²) in [5.74, 6) is 0. The minimum Gasteiger partial charge on any atom is -0.309 e. The molecule has 0 atom stereocenters. The van der Waals surface area contributed by atoms with E-state index in [0.29, 0.717) is 0 Å². The number of aromatic nitrogens is 6. The van der Waals surface area contributed by atoms with Crippen LogP contribution in [0, 0.1) is 0 Å². The highest BCUT2D eigenvalue weighted by atomic mass is 28.3. The number of para-hydroxylation sites is 5. The van der Waals surface area contributed by atoms with Crippen LogP contribution in [0.25, 0.3) is 99.6 Å². The fourth-order valence-corrected chi connectivity index (χ4v) is 9.52. The van der Waals surface area contributed by atoms with Gasteiger partial charge in [0.05, 0.1) is 76.0 Å². The number of hydrogen-bond acceptors (Lipinski definition) is 4. The Labute approximate surface area is 324 Å². The second-order valence-electron chi connectivity index (χ2n) is 15.6. The Bertz CT molecular complexity index is 3350. The molecule has 0 aliphatic rings. The monoisotopic (exact) mass is 736 g/mol. The maximum absolute atomic E-state index is 5.00. The molecule has 0 aliphatic carbocycles. The van der Waals surface area contributed by atoms with E-state index in [1.165, 1.54) is 48.8 Å². The molecule has 0 aliphatic heterocycles. The van der Waals surface area contributed by atoms with Crippen molar-refractivity contribution in [2.24, 2.45) is 0 Å². The van der Waals surface area contributed by atoms with E-state index in [4.69, 9.17) is 15.0 Å². The Morgan fingerprint density at radius 2 is 0.982 bits per heavy atom. The number of rotatable bonds is 5. The first-order valence-corrected chi connectivity index (χ1v) is 22.6. The Hall–Kier alpha value is -6.96. The van der Waals surface area contributed by atoms with Gasteiger partial charge in [-0.25, -0.2) is 9.97 Å². The summed E-state index contributed by atoms with van der Waals surface area (Å²) in [6.07, 6.45) is 3.75. The van der Waals surface area contributed by atoms with Gasteiger partial charge < -0.3 is 9.13 Å². The van der Waals surface area contributed by atoms with E-state index in [1.54, 1.807) is 0 Å². The topological polar surface area (TPSA) is 61.4 Å². The van der Waals surface area contributed by atoms with Gasteiger partial charge >= 0.3 is 0 Å². The fourth-order valence-electron chi connectivity index (χ4n) is 8.37. The van der Waals surface area contributed by atoms with Crippen LogP contribution in [0.5, 0.6) is 0 Å². The van der Waals surface area contributed by atoms with Crippen molar-refractivity contribution in [3.8, 4) is 33.9 Å². The lowest BCUT2D eigenvalue weighted by molar-refractivity contribution is 1.17. The van der Waals surface area contributed by atoms with Crippen molar-refractivity contribution in [2.75, 3.05) is 0 Å². The van der Waals surface area contributed by atoms with Crippen molar-refractivity contribution >= 4 is 78.9 Å². The van der Waals surface area contributed by atoms with Gasteiger partial charge in [-0.05, 0) is 72.8 Å². The van der Waals surface area contributed by atoms with E-state index in [9.17, 15) is 0 Å². The van der Waals surface area contributed by atoms with E-state index < -0.39 is 8.07 Å². The highest BCUT2D eigenvalue weighted by Crippen LogP contribution is 2.42. The molecule has 0 N–H and O–H groups in total. The minimum atomic E-state index is -1.64. The van der Waals surface area contributed by atoms with Crippen molar-refractivity contribution in [2.45, 2.75) is 19.6 Å². The lowest BCUT2D eigenvalue weighted by atomic mass is 10.1. The van der Waals surface area contributed by atoms with Crippen molar-refractivity contribution in [1.82, 2.24) is 29.1 Å². The Morgan fingerprint density at radius 1 is 0.411 bits per heavy atom. The second kappa shape index (κ2) is 12.3. The SMILES string of the molecule is C[Si](C)(C)c1ccc2c3c4c5ccccc5n(-c5ccc(-c6cnc7ccccc7n6)cc5)c4ccc3n(-c3cccc(-c4cnc5ccccc5n4)c3)c2c1. The zero-order chi connectivity index (χ0) is 37.5. The van der Waals surface area contributed by atoms with E-state index in [1.807, 2.05) is 60.9 Å². The molecule has 7 aromatic carbocycles. The molecule has 56 heavy (non-hydrogen) atoms. The van der Waals surface area contributed by atoms with Crippen LogP contribution in [0.3, 0.4) is 0 Å². The largest absolute Gasteiger partial charge is 0.309 e. The van der Waals surface area contributed by atoms with Crippen LogP contribution < -0.4 is 5.19 Å². The number of benzene rings is 7. The summed E-state index contributed by atoms with van der Waals surface area (Å²) in [4.78, 5) is 19.3. The number of fused-ring (bicyclic) bond motifs is 9. The third kappa shape index (κ3) is 5.08. The molecule has 0 bridgehead atoms. The maximum Gasteiger partial charge on any atom is 0.0894 e. The summed E-state index contributed by atoms with van der Waals surface area (Å²) in [5, 5.41) is 6.42. The maximum atomic E-state index is 5.00. The molecular formula is C49H36N6Si. The Balaban J connectivity index is 1.13. The van der Waals surface area contributed by atoms with Gasteiger partial charge in [0, 0.05) is 44.0 Å². The highest BCUT2D eigenvalue weighted by Gasteiger charge is 2.23. The van der Waals surface area contributed by atoms with Crippen LogP contribution >= 0.6 is 0 Å². The van der Waals surface area contributed by atoms with E-state index >= 15 is 0 Å². The average Bonchev–Trinajstić information content (AvgIpc) is 3.75. The van der Waals surface area contributed by atoms with Gasteiger partial charge in [-0.2, -0.15) is 0 Å². The zero-order valence-corrected chi connectivity index (χ0v) is 32.3. The summed E-state index contributed by atoms with van der Waals surface area (Å²) in [6, 6.07) is 54.1. The fraction of sp³-hybridized carbons (Fsp3) is 0.0612. The number of nitrogens with zero attached hydrogens (tertiary/aromatic N) is 6. The standard InChI is InChI=1S/C49H36N6Si/c1-56(2,3)35-23-24-37-47(28-35)55(34-12-10-11-32(27-34)43-30-51-39-15-6-8-17-41(39)53-43)46-26-25-45-48(49(37)46)36-13-4-9-18-44(36)54(45)33-21-19-31(20-22-33)42-29-50-38-14-5-7-16-40(38)52-42/h4-30H,1-3H3. The van der Waals surface area contributed by atoms with Crippen LogP contribution in [-0.2, 0) is 0 Å². The van der Waals surface area contributed by atoms with Crippen LogP contribution in [0.15, 0.2) is 164 Å². The number of hydrogen-bond donors (Lipinski definition) is 0. The molecule has 4 heterocycles. The summed E-state index contributed by atoms with van der Waals surface area (Å²) in [6.45, 7) is 7.26. The van der Waals surface area contributed by atoms with Gasteiger partial charge in [0.1, 0.15) is 0 Å². The first-order chi connectivity index (χ1) is 27.4. The van der Waals surface area contributed by atoms with Crippen molar-refractivity contribution in [3.63, 3.8) is 0 Å². The Morgan fingerprint density at radius 3 is 1.64 bits per heavy atom. The molecule has 0 unspecified atom stereocenters. The highest BCUT2D eigenvalue weighted by molar-refractivity contribution is 6.88. The molecule has 0 fully saturated rings. The van der Waals surface area contributed by atoms with Crippen LogP contribution in [0.4, 0.5) is 0 Å². The molecule has 266 valence electrons. The Kier molecular flexibility index (Phi) is 7.12. The lowest BCUT2D eigenvalue weighted by Crippen LogP contribution is -2.37. The second-order valence-corrected chi connectivity index (χ2v) is 20.7. The molecule has 7 heteroatoms. The van der Waals surface area contributed by atoms with Gasteiger partial charge in [-0.15, -0.1) is 0 Å². The molecule has 0 spiro atoms. The molecule has 4 aromatic heterocycles. The molecule has 11 rings (SSSR count). The van der Waals surface area contributed by atoms with E-state index in [2.05, 4.69) is 137 Å². The molecule has 0 amide bonds. The van der Waals surface area contributed by atoms with Gasteiger partial charge in [0.2, 0.25) is 0 Å². The first-order valence-electron chi connectivity index (χ1n) is 19.1. The normalized spacial score (nSPS) is 12.2. The van der Waals surface area contributed by atoms with Gasteiger partial charge in [0.25, 0.3) is 0 Å². The van der Waals surface area contributed by atoms with Crippen LogP contribution in [-0.4, -0.2) is 37.1 Å². The predicted molar refractivity (Wildman–Crippen MR) is 235 cm³/mol. The van der Waals surface area contributed by atoms with E-state index in [0.717, 1.165) is 56.0 Å². The van der Waals surface area contributed by atoms with E-state index in [-0.39, 0.29) is 0 Å². The molecule has 0 radical (unpaired) electrons. The van der Waals surface area contributed by atoms with Crippen LogP contribution in [0.2, 0.25) is 19.6 Å². The predicted octanol–water partition coefficient (Wildman–Crippen LogP) is 11.6. The third-order valence-electron chi connectivity index (χ3n) is 11.1. The van der Waals surface area contributed by atoms with Crippen molar-refractivity contribution in [3.05, 3.63) is 164 Å². The molecule has 0 saturated heterocycles. The van der Waals surface area contributed by atoms with Gasteiger partial charge in [0.15, 0.2) is 0 Å². The van der Waals surface area contributed by atoms with Gasteiger partial charge in [-0.1, -0.05) is 104 Å². The quantitative estimate of drug-likeness (QED) is 0.165. The summed E-state index contributed by atoms with van der Waals surface area (Å²) in [5.41, 5.74) is 14.3. The van der Waals surface area contributed by atoms with Crippen molar-refractivity contribution in [1.29, 1.82) is 0 Å². The summed E-state index contributed by atoms with van der Waals surface area (Å²) >= 11 is 0. The average molecular weight is 737 g/mol. The minimum absolute atomic E-state index is 0.859. The molecule has 11 aromatic rings. The molecular weight excluding hydrogens is 701 g/mol. The summed E-state index contributed by atoms with van der Waals surface area (Å²) < 4.78 is 4.86. The summed E-state index contributed by atoms with van der Waals surface area (Å²) in [7, 11) is -1.64. The van der Waals surface area contributed by atoms with Crippen LogP contribution in [0.1, 0.15) is 0 Å². The van der Waals surface area contributed by atoms with Gasteiger partial charge in [-0.3, -0.25) is 9.97 Å². The first kappa shape index (κ1) is 32.5. The molecule has 6 nitrogen and oxygen atoms in total. The zero-order valence-electron chi connectivity index (χ0n) is 31.3. The van der Waals surface area contributed by atoms with Crippen molar-refractivity contribution < 1.29 is 0 Å².